The smallest absolute Gasteiger partial charge is 0.300 e. The Kier molecular flexibility index (Phi) is 65.2. The van der Waals surface area contributed by atoms with Crippen molar-refractivity contribution >= 4 is 5.97 Å². The van der Waals surface area contributed by atoms with Gasteiger partial charge in [0.15, 0.2) is 0 Å². The Bertz CT molecular complexity index is 50.1. The minimum atomic E-state index is -0.833. The molecule has 2 nitrogen and oxygen atoms in total. The van der Waals surface area contributed by atoms with E-state index < -0.39 is 5.97 Å². The van der Waals surface area contributed by atoms with Crippen LogP contribution in [0.1, 0.15) is 34.6 Å². The van der Waals surface area contributed by atoms with Crippen LogP contribution in [-0.2, 0) is 27.2 Å². The zero-order valence-electron chi connectivity index (χ0n) is 7.81. The van der Waals surface area contributed by atoms with Gasteiger partial charge < -0.3 is 17.9 Å². The van der Waals surface area contributed by atoms with E-state index in [4.69, 9.17) is 9.90 Å². The van der Waals surface area contributed by atoms with Crippen molar-refractivity contribution in [3.8, 4) is 0 Å². The third kappa shape index (κ3) is 15600. The van der Waals surface area contributed by atoms with Gasteiger partial charge >= 0.3 is 0 Å². The van der Waals surface area contributed by atoms with E-state index in [1.165, 1.54) is 0 Å². The first-order valence-electron chi connectivity index (χ1n) is 3.24. The number of carboxylic acid groups (broad SMARTS) is 1. The van der Waals surface area contributed by atoms with Crippen molar-refractivity contribution in [1.29, 1.82) is 0 Å². The van der Waals surface area contributed by atoms with Gasteiger partial charge in [-0.25, -0.2) is 0 Å². The minimum Gasteiger partial charge on any atom is -0.481 e. The predicted molar refractivity (Wildman–Crippen MR) is 44.6 cm³/mol. The third-order valence-corrected chi connectivity index (χ3v) is 0. The van der Waals surface area contributed by atoms with Crippen LogP contribution in [0.4, 0.5) is 0 Å². The van der Waals surface area contributed by atoms with E-state index in [0.717, 1.165) is 6.92 Å². The number of rotatable bonds is 0. The molecule has 75 valence electrons. The monoisotopic (exact) mass is 253 g/mol. The number of aliphatic carboxylic acids is 1. The summed E-state index contributed by atoms with van der Waals surface area (Å²) in [6.45, 7) is 9.08. The summed E-state index contributed by atoms with van der Waals surface area (Å²) in [5, 5.41) is 7.42. The van der Waals surface area contributed by atoms with Gasteiger partial charge in [-0.2, -0.15) is 27.7 Å². The van der Waals surface area contributed by atoms with Crippen molar-refractivity contribution in [3.63, 3.8) is 0 Å². The van der Waals surface area contributed by atoms with Gasteiger partial charge in [-0.1, -0.05) is 0 Å². The van der Waals surface area contributed by atoms with Gasteiger partial charge in [-0.05, 0) is 0 Å². The fourth-order valence-electron chi connectivity index (χ4n) is 0. The molecule has 0 aromatic rings. The Balaban J connectivity index is -0.0000000325. The topological polar surface area (TPSA) is 37.3 Å². The van der Waals surface area contributed by atoms with E-state index >= 15 is 0 Å². The number of carboxylic acids is 1. The molecule has 3 heteroatoms. The maximum absolute atomic E-state index is 9.00. The number of hydrogen-bond acceptors (Lipinski definition) is 1. The second-order valence-corrected chi connectivity index (χ2v) is 1.67. The van der Waals surface area contributed by atoms with E-state index in [2.05, 4.69) is 0 Å². The van der Waals surface area contributed by atoms with Crippen LogP contribution in [0.3, 0.4) is 0 Å². The molecule has 0 rings (SSSR count). The average Bonchev–Trinajstić information content (AvgIpc) is 1.65. The van der Waals surface area contributed by atoms with E-state index in [9.17, 15) is 0 Å². The van der Waals surface area contributed by atoms with Gasteiger partial charge in [0.25, 0.3) is 5.97 Å². The van der Waals surface area contributed by atoms with E-state index in [1.54, 1.807) is 0 Å². The third-order valence-electron chi connectivity index (χ3n) is 0. The van der Waals surface area contributed by atoms with Gasteiger partial charge in [0.2, 0.25) is 0 Å². The Hall–Kier alpha value is 0.210. The molecule has 0 aliphatic carbocycles. The molecule has 0 spiro atoms. The predicted octanol–water partition coefficient (Wildman–Crippen LogP) is 2.55. The molecule has 1 radical (unpaired) electrons. The molecule has 0 heterocycles. The molecule has 0 saturated heterocycles. The molecule has 11 heavy (non-hydrogen) atoms. The molecule has 0 aromatic carbocycles. The summed E-state index contributed by atoms with van der Waals surface area (Å²) in [5.41, 5.74) is 0. The zero-order valence-corrected chi connectivity index (χ0v) is 9.29. The zero-order chi connectivity index (χ0) is 8.99. The first-order chi connectivity index (χ1) is 4.56. The second-order valence-electron chi connectivity index (χ2n) is 1.67. The molecule has 0 fully saturated rings. The van der Waals surface area contributed by atoms with Crippen molar-refractivity contribution in [1.82, 2.24) is 0 Å². The van der Waals surface area contributed by atoms with Gasteiger partial charge in [-0.15, -0.1) is 0 Å². The average molecular weight is 254 g/mol. The van der Waals surface area contributed by atoms with Gasteiger partial charge in [0, 0.05) is 29.3 Å². The quantitative estimate of drug-likeness (QED) is 0.532. The molecule has 0 saturated carbocycles. The molecular weight excluding hydrogens is 236 g/mol. The van der Waals surface area contributed by atoms with Crippen molar-refractivity contribution in [2.24, 2.45) is 0 Å². The van der Waals surface area contributed by atoms with Crippen LogP contribution in [0.5, 0.6) is 0 Å². The summed E-state index contributed by atoms with van der Waals surface area (Å²) >= 11 is 0. The van der Waals surface area contributed by atoms with Crippen LogP contribution in [0, 0.1) is 12.8 Å². The fraction of sp³-hybridized carbons (Fsp3) is 0.625. The van der Waals surface area contributed by atoms with E-state index in [1.807, 2.05) is 40.5 Å². The van der Waals surface area contributed by atoms with E-state index in [-0.39, 0.29) is 22.4 Å². The van der Waals surface area contributed by atoms with E-state index in [0.29, 0.717) is 0 Å². The van der Waals surface area contributed by atoms with Crippen LogP contribution in [-0.4, -0.2) is 11.1 Å². The van der Waals surface area contributed by atoms with Crippen molar-refractivity contribution in [2.45, 2.75) is 34.6 Å². The summed E-state index contributed by atoms with van der Waals surface area (Å²) in [7, 11) is 0. The Morgan fingerprint density at radius 1 is 1.09 bits per heavy atom. The summed E-state index contributed by atoms with van der Waals surface area (Å²) in [5.74, 6) is -0.833. The van der Waals surface area contributed by atoms with Crippen LogP contribution < -0.4 is 0 Å². The molecule has 1 N–H and O–H groups in total. The van der Waals surface area contributed by atoms with Crippen molar-refractivity contribution < 1.29 is 32.3 Å². The molecule has 0 aromatic heterocycles. The maximum atomic E-state index is 9.00. The molecule has 0 unspecified atom stereocenters. The molecule has 0 aliphatic rings. The summed E-state index contributed by atoms with van der Waals surface area (Å²) in [6, 6.07) is 0. The Labute approximate surface area is 85.9 Å². The fourth-order valence-corrected chi connectivity index (χ4v) is 0. The summed E-state index contributed by atoms with van der Waals surface area (Å²) in [6.07, 6.45) is 4.00. The van der Waals surface area contributed by atoms with Gasteiger partial charge in [0.1, 0.15) is 0 Å². The maximum Gasteiger partial charge on any atom is 0.300 e. The second kappa shape index (κ2) is 31.9. The van der Waals surface area contributed by atoms with Gasteiger partial charge in [-0.3, -0.25) is 4.79 Å². The molecule has 0 bridgehead atoms. The number of carbonyl (C=O) groups is 1. The van der Waals surface area contributed by atoms with Crippen molar-refractivity contribution in [2.75, 3.05) is 0 Å². The van der Waals surface area contributed by atoms with Crippen LogP contribution >= 0.6 is 0 Å². The molecule has 0 amide bonds. The first kappa shape index (κ1) is 22.5. The summed E-state index contributed by atoms with van der Waals surface area (Å²) in [4.78, 5) is 9.00. The Morgan fingerprint density at radius 3 is 1.09 bits per heavy atom. The molecule has 0 atom stereocenters. The van der Waals surface area contributed by atoms with Crippen molar-refractivity contribution in [3.05, 3.63) is 12.8 Å². The van der Waals surface area contributed by atoms with Crippen LogP contribution in [0.15, 0.2) is 0 Å². The molecule has 0 aliphatic heterocycles. The molecular formula is C8H18AgO2-2. The number of hydrogen-bond donors (Lipinski definition) is 1. The van der Waals surface area contributed by atoms with Crippen LogP contribution in [0.2, 0.25) is 0 Å². The largest absolute Gasteiger partial charge is 0.481 e. The SMILES string of the molecule is CC(=O)O.C[CH-]C.C[CH-]C.[Ag]. The summed E-state index contributed by atoms with van der Waals surface area (Å²) < 4.78 is 0. The van der Waals surface area contributed by atoms with Crippen LogP contribution in [0.25, 0.3) is 0 Å². The van der Waals surface area contributed by atoms with Gasteiger partial charge in [0.05, 0.1) is 0 Å². The first-order valence-corrected chi connectivity index (χ1v) is 3.24. The minimum absolute atomic E-state index is 0. The standard InChI is InChI=1S/2C3H7.C2H4O2.Ag/c2*1-3-2;1-2(3)4;/h2*3H,1-2H3;1H3,(H,3,4);/q2*-1;;. The Morgan fingerprint density at radius 2 is 1.09 bits per heavy atom. The normalized spacial score (nSPS) is 5.55.